The lowest BCUT2D eigenvalue weighted by molar-refractivity contribution is 0.0686. The van der Waals surface area contributed by atoms with E-state index in [4.69, 9.17) is 20.4 Å². The number of carboxylic acids is 2. The van der Waals surface area contributed by atoms with Crippen LogP contribution in [0.1, 0.15) is 52.1 Å². The molecule has 0 radical (unpaired) electrons. The second-order valence-electron chi connectivity index (χ2n) is 6.28. The molecule has 2 rings (SSSR count). The summed E-state index contributed by atoms with van der Waals surface area (Å²) in [5.74, 6) is -1.74. The second kappa shape index (κ2) is 12.6. The average molecular weight is 376 g/mol. The van der Waals surface area contributed by atoms with Gasteiger partial charge in [-0.1, -0.05) is 35.4 Å². The van der Waals surface area contributed by atoms with E-state index in [2.05, 4.69) is 0 Å². The summed E-state index contributed by atoms with van der Waals surface area (Å²) in [5, 5.41) is 34.1. The molecule has 0 aliphatic carbocycles. The van der Waals surface area contributed by atoms with Gasteiger partial charge in [-0.2, -0.15) is 0 Å². The number of aromatic carboxylic acids is 2. The molecule has 6 heteroatoms. The summed E-state index contributed by atoms with van der Waals surface area (Å²) in [4.78, 5) is 20.7. The number of benzene rings is 2. The minimum atomic E-state index is -0.872. The van der Waals surface area contributed by atoms with E-state index in [0.717, 1.165) is 11.1 Å². The number of aliphatic hydroxyl groups is 2. The first kappa shape index (κ1) is 24.3. The van der Waals surface area contributed by atoms with Crippen molar-refractivity contribution in [3.05, 3.63) is 70.8 Å². The highest BCUT2D eigenvalue weighted by Gasteiger charge is 2.00. The number of carboxylic acid groups (broad SMARTS) is 2. The number of rotatable bonds is 4. The Kier molecular flexibility index (Phi) is 11.4. The summed E-state index contributed by atoms with van der Waals surface area (Å²) >= 11 is 0. The van der Waals surface area contributed by atoms with Crippen LogP contribution in [0.15, 0.2) is 48.5 Å². The van der Waals surface area contributed by atoms with Crippen molar-refractivity contribution in [3.8, 4) is 0 Å². The molecule has 2 unspecified atom stereocenters. The van der Waals surface area contributed by atoms with Gasteiger partial charge in [-0.05, 0) is 58.4 Å². The minimum Gasteiger partial charge on any atom is -0.478 e. The van der Waals surface area contributed by atoms with E-state index in [1.807, 2.05) is 26.0 Å². The van der Waals surface area contributed by atoms with Crippen molar-refractivity contribution in [2.24, 2.45) is 0 Å². The van der Waals surface area contributed by atoms with Crippen LogP contribution in [0.4, 0.5) is 0 Å². The Balaban J connectivity index is 0.000000384. The molecule has 0 saturated carbocycles. The maximum Gasteiger partial charge on any atom is 0.335 e. The zero-order valence-corrected chi connectivity index (χ0v) is 16.1. The van der Waals surface area contributed by atoms with Crippen LogP contribution < -0.4 is 0 Å². The molecule has 0 aromatic heterocycles. The molecule has 6 nitrogen and oxygen atoms in total. The highest BCUT2D eigenvalue weighted by Crippen LogP contribution is 2.03. The van der Waals surface area contributed by atoms with Crippen LogP contribution in [0, 0.1) is 13.8 Å². The normalized spacial score (nSPS) is 11.8. The van der Waals surface area contributed by atoms with Crippen molar-refractivity contribution in [1.82, 2.24) is 0 Å². The summed E-state index contributed by atoms with van der Waals surface area (Å²) in [6, 6.07) is 13.6. The minimum absolute atomic E-state index is 0.347. The maximum absolute atomic E-state index is 10.4. The highest BCUT2D eigenvalue weighted by molar-refractivity contribution is 5.88. The molecule has 4 N–H and O–H groups in total. The molecule has 2 aromatic rings. The van der Waals surface area contributed by atoms with Crippen molar-refractivity contribution >= 4 is 11.9 Å². The van der Waals surface area contributed by atoms with Crippen LogP contribution in [-0.2, 0) is 0 Å². The van der Waals surface area contributed by atoms with Gasteiger partial charge in [-0.15, -0.1) is 0 Å². The molecule has 2 aromatic carbocycles. The Morgan fingerprint density at radius 2 is 1.11 bits per heavy atom. The second-order valence-corrected chi connectivity index (χ2v) is 6.28. The summed E-state index contributed by atoms with van der Waals surface area (Å²) in [6.07, 6.45) is -0.278. The van der Waals surface area contributed by atoms with Crippen molar-refractivity contribution < 1.29 is 30.0 Å². The van der Waals surface area contributed by atoms with Crippen molar-refractivity contribution in [2.45, 2.75) is 46.3 Å². The van der Waals surface area contributed by atoms with Crippen LogP contribution in [0.5, 0.6) is 0 Å². The van der Waals surface area contributed by atoms with E-state index in [-0.39, 0.29) is 12.2 Å². The van der Waals surface area contributed by atoms with Crippen molar-refractivity contribution in [2.75, 3.05) is 0 Å². The lowest BCUT2D eigenvalue weighted by Gasteiger charge is -2.04. The van der Waals surface area contributed by atoms with E-state index in [0.29, 0.717) is 17.5 Å². The molecule has 0 amide bonds. The first-order valence-electron chi connectivity index (χ1n) is 8.49. The van der Waals surface area contributed by atoms with Gasteiger partial charge in [0, 0.05) is 0 Å². The van der Waals surface area contributed by atoms with Crippen molar-refractivity contribution in [3.63, 3.8) is 0 Å². The fourth-order valence-corrected chi connectivity index (χ4v) is 2.05. The predicted molar refractivity (Wildman–Crippen MR) is 104 cm³/mol. The molecule has 0 heterocycles. The summed E-state index contributed by atoms with van der Waals surface area (Å²) in [7, 11) is 0. The first-order chi connectivity index (χ1) is 12.5. The van der Waals surface area contributed by atoms with Gasteiger partial charge < -0.3 is 20.4 Å². The van der Waals surface area contributed by atoms with Crippen LogP contribution in [0.2, 0.25) is 0 Å². The molecule has 0 saturated heterocycles. The zero-order chi connectivity index (χ0) is 21.0. The number of hydrogen-bond donors (Lipinski definition) is 4. The maximum atomic E-state index is 10.4. The quantitative estimate of drug-likeness (QED) is 0.649. The van der Waals surface area contributed by atoms with E-state index < -0.39 is 11.9 Å². The number of carbonyl (C=O) groups is 2. The third-order valence-corrected chi connectivity index (χ3v) is 3.21. The van der Waals surface area contributed by atoms with Gasteiger partial charge in [-0.25, -0.2) is 9.59 Å². The molecular weight excluding hydrogens is 348 g/mol. The molecule has 0 spiro atoms. The smallest absolute Gasteiger partial charge is 0.335 e. The predicted octanol–water partition coefficient (Wildman–Crippen LogP) is 3.52. The Bertz CT molecular complexity index is 661. The molecule has 27 heavy (non-hydrogen) atoms. The molecule has 0 fully saturated rings. The standard InChI is InChI=1S/2C8H8O2.C5H12O2/c2*1-6-3-2-4-7(5-6)8(9)10;1-4(6)3-5(2)7/h2*2-5H,1H3,(H,9,10);4-7H,3H2,1-2H3. The molecular formula is C21H28O6. The van der Waals surface area contributed by atoms with Crippen LogP contribution >= 0.6 is 0 Å². The largest absolute Gasteiger partial charge is 0.478 e. The fourth-order valence-electron chi connectivity index (χ4n) is 2.05. The molecule has 0 aliphatic heterocycles. The summed E-state index contributed by atoms with van der Waals surface area (Å²) in [5.41, 5.74) is 2.64. The van der Waals surface area contributed by atoms with Gasteiger partial charge in [0.05, 0.1) is 23.3 Å². The van der Waals surface area contributed by atoms with Crippen LogP contribution in [0.25, 0.3) is 0 Å². The zero-order valence-electron chi connectivity index (χ0n) is 16.1. The van der Waals surface area contributed by atoms with E-state index in [9.17, 15) is 9.59 Å². The third kappa shape index (κ3) is 12.3. The SMILES string of the molecule is CC(O)CC(C)O.Cc1cccc(C(=O)O)c1.Cc1cccc(C(=O)O)c1. The Morgan fingerprint density at radius 1 is 0.778 bits per heavy atom. The Labute approximate surface area is 159 Å². The molecule has 0 aliphatic rings. The number of hydrogen-bond acceptors (Lipinski definition) is 4. The summed E-state index contributed by atoms with van der Waals surface area (Å²) < 4.78 is 0. The van der Waals surface area contributed by atoms with Gasteiger partial charge in [0.15, 0.2) is 0 Å². The van der Waals surface area contributed by atoms with Crippen molar-refractivity contribution in [1.29, 1.82) is 0 Å². The van der Waals surface area contributed by atoms with E-state index in [1.54, 1.807) is 50.2 Å². The Hall–Kier alpha value is -2.70. The lowest BCUT2D eigenvalue weighted by Crippen LogP contribution is -2.10. The van der Waals surface area contributed by atoms with E-state index >= 15 is 0 Å². The van der Waals surface area contributed by atoms with E-state index in [1.165, 1.54) is 0 Å². The fraction of sp³-hybridized carbons (Fsp3) is 0.333. The topological polar surface area (TPSA) is 115 Å². The lowest BCUT2D eigenvalue weighted by atomic mass is 10.1. The highest BCUT2D eigenvalue weighted by atomic mass is 16.4. The van der Waals surface area contributed by atoms with Gasteiger partial charge in [0.2, 0.25) is 0 Å². The molecule has 148 valence electrons. The van der Waals surface area contributed by atoms with Gasteiger partial charge in [0.25, 0.3) is 0 Å². The number of aliphatic hydroxyl groups excluding tert-OH is 2. The molecule has 0 bridgehead atoms. The van der Waals surface area contributed by atoms with Crippen LogP contribution in [0.3, 0.4) is 0 Å². The van der Waals surface area contributed by atoms with Crippen LogP contribution in [-0.4, -0.2) is 44.6 Å². The first-order valence-corrected chi connectivity index (χ1v) is 8.49. The van der Waals surface area contributed by atoms with Gasteiger partial charge in [0.1, 0.15) is 0 Å². The Morgan fingerprint density at radius 3 is 1.26 bits per heavy atom. The summed E-state index contributed by atoms with van der Waals surface area (Å²) in [6.45, 7) is 7.05. The average Bonchev–Trinajstić information content (AvgIpc) is 2.54. The van der Waals surface area contributed by atoms with Gasteiger partial charge >= 0.3 is 11.9 Å². The monoisotopic (exact) mass is 376 g/mol. The van der Waals surface area contributed by atoms with Gasteiger partial charge in [-0.3, -0.25) is 0 Å². The third-order valence-electron chi connectivity index (χ3n) is 3.21. The number of aryl methyl sites for hydroxylation is 2. The molecule has 2 atom stereocenters.